The molecule has 0 aliphatic rings. The summed E-state index contributed by atoms with van der Waals surface area (Å²) < 4.78 is 1.06. The Morgan fingerprint density at radius 2 is 1.95 bits per heavy atom. The fraction of sp³-hybridized carbons (Fsp3) is 0.143. The van der Waals surface area contributed by atoms with E-state index in [1.165, 1.54) is 0 Å². The van der Waals surface area contributed by atoms with Gasteiger partial charge in [-0.1, -0.05) is 15.9 Å². The van der Waals surface area contributed by atoms with Gasteiger partial charge in [0.1, 0.15) is 10.6 Å². The van der Waals surface area contributed by atoms with E-state index < -0.39 is 0 Å². The summed E-state index contributed by atoms with van der Waals surface area (Å²) in [7, 11) is 0. The molecule has 0 aliphatic carbocycles. The lowest BCUT2D eigenvalue weighted by molar-refractivity contribution is 1.11. The molecule has 20 heavy (non-hydrogen) atoms. The Bertz CT molecular complexity index is 724. The monoisotopic (exact) mass is 348 g/mol. The predicted molar refractivity (Wildman–Crippen MR) is 89.0 cm³/mol. The van der Waals surface area contributed by atoms with Gasteiger partial charge in [0.2, 0.25) is 5.95 Å². The number of aromatic nitrogens is 2. The molecule has 0 saturated heterocycles. The van der Waals surface area contributed by atoms with Gasteiger partial charge in [-0.15, -0.1) is 11.3 Å². The molecule has 0 unspecified atom stereocenters. The van der Waals surface area contributed by atoms with E-state index in [1.807, 2.05) is 42.6 Å². The molecule has 3 aromatic rings. The van der Waals surface area contributed by atoms with Crippen molar-refractivity contribution in [2.45, 2.75) is 6.92 Å². The SMILES string of the molecule is CCNc1nc(Nc2ccc(Br)cc2)c2ccsc2n1. The molecule has 0 bridgehead atoms. The first-order valence-electron chi connectivity index (χ1n) is 6.28. The van der Waals surface area contributed by atoms with Gasteiger partial charge < -0.3 is 10.6 Å². The number of hydrogen-bond donors (Lipinski definition) is 2. The highest BCUT2D eigenvalue weighted by molar-refractivity contribution is 9.10. The molecule has 4 nitrogen and oxygen atoms in total. The molecule has 2 N–H and O–H groups in total. The third-order valence-electron chi connectivity index (χ3n) is 2.77. The summed E-state index contributed by atoms with van der Waals surface area (Å²) in [5.41, 5.74) is 1.00. The standard InChI is InChI=1S/C14H13BrN4S/c1-2-16-14-18-12(11-7-8-20-13(11)19-14)17-10-5-3-9(15)4-6-10/h3-8H,2H2,1H3,(H2,16,17,18,19). The first-order chi connectivity index (χ1) is 9.76. The number of fused-ring (bicyclic) bond motifs is 1. The number of anilines is 3. The second-order valence-corrected chi connectivity index (χ2v) is 6.01. The van der Waals surface area contributed by atoms with Gasteiger partial charge in [0.25, 0.3) is 0 Å². The van der Waals surface area contributed by atoms with Crippen molar-refractivity contribution >= 4 is 54.9 Å². The lowest BCUT2D eigenvalue weighted by atomic mass is 10.3. The molecule has 0 aliphatic heterocycles. The maximum Gasteiger partial charge on any atom is 0.226 e. The lowest BCUT2D eigenvalue weighted by Gasteiger charge is -2.09. The van der Waals surface area contributed by atoms with Crippen molar-refractivity contribution in [2.24, 2.45) is 0 Å². The molecular weight excluding hydrogens is 336 g/mol. The minimum atomic E-state index is 0.655. The molecule has 3 rings (SSSR count). The molecule has 0 saturated carbocycles. The zero-order valence-electron chi connectivity index (χ0n) is 10.9. The molecule has 0 radical (unpaired) electrons. The molecule has 6 heteroatoms. The van der Waals surface area contributed by atoms with Crippen molar-refractivity contribution in [3.05, 3.63) is 40.2 Å². The minimum Gasteiger partial charge on any atom is -0.354 e. The molecular formula is C14H13BrN4S. The topological polar surface area (TPSA) is 49.8 Å². The van der Waals surface area contributed by atoms with Crippen LogP contribution in [0.3, 0.4) is 0 Å². The second kappa shape index (κ2) is 5.76. The van der Waals surface area contributed by atoms with Crippen LogP contribution in [0.25, 0.3) is 10.2 Å². The van der Waals surface area contributed by atoms with E-state index in [-0.39, 0.29) is 0 Å². The lowest BCUT2D eigenvalue weighted by Crippen LogP contribution is -2.04. The summed E-state index contributed by atoms with van der Waals surface area (Å²) in [4.78, 5) is 10.0. The minimum absolute atomic E-state index is 0.655. The Kier molecular flexibility index (Phi) is 3.84. The van der Waals surface area contributed by atoms with Crippen LogP contribution in [0.5, 0.6) is 0 Å². The van der Waals surface area contributed by atoms with E-state index in [0.717, 1.165) is 32.7 Å². The van der Waals surface area contributed by atoms with Crippen LogP contribution in [0.1, 0.15) is 6.92 Å². The van der Waals surface area contributed by atoms with Crippen LogP contribution in [0, 0.1) is 0 Å². The fourth-order valence-electron chi connectivity index (χ4n) is 1.86. The van der Waals surface area contributed by atoms with Crippen LogP contribution >= 0.6 is 27.3 Å². The first-order valence-corrected chi connectivity index (χ1v) is 7.95. The van der Waals surface area contributed by atoms with Crippen molar-refractivity contribution in [1.29, 1.82) is 0 Å². The zero-order chi connectivity index (χ0) is 13.9. The summed E-state index contributed by atoms with van der Waals surface area (Å²) in [5, 5.41) is 9.59. The average Bonchev–Trinajstić information content (AvgIpc) is 2.90. The Hall–Kier alpha value is -1.66. The van der Waals surface area contributed by atoms with Gasteiger partial charge in [-0.25, -0.2) is 4.98 Å². The Morgan fingerprint density at radius 1 is 1.15 bits per heavy atom. The number of thiophene rings is 1. The second-order valence-electron chi connectivity index (χ2n) is 4.20. The predicted octanol–water partition coefficient (Wildman–Crippen LogP) is 4.63. The van der Waals surface area contributed by atoms with Gasteiger partial charge >= 0.3 is 0 Å². The van der Waals surface area contributed by atoms with E-state index in [2.05, 4.69) is 36.5 Å². The summed E-state index contributed by atoms with van der Waals surface area (Å²) in [6, 6.07) is 10.1. The number of rotatable bonds is 4. The van der Waals surface area contributed by atoms with Gasteiger partial charge in [0.15, 0.2) is 0 Å². The first kappa shape index (κ1) is 13.3. The number of nitrogens with one attached hydrogen (secondary N) is 2. The summed E-state index contributed by atoms with van der Waals surface area (Å²) >= 11 is 5.05. The van der Waals surface area contributed by atoms with Gasteiger partial charge in [-0.3, -0.25) is 0 Å². The van der Waals surface area contributed by atoms with Crippen molar-refractivity contribution in [3.8, 4) is 0 Å². The molecule has 102 valence electrons. The van der Waals surface area contributed by atoms with E-state index in [9.17, 15) is 0 Å². The quantitative estimate of drug-likeness (QED) is 0.721. The van der Waals surface area contributed by atoms with Gasteiger partial charge in [-0.2, -0.15) is 4.98 Å². The van der Waals surface area contributed by atoms with Crippen LogP contribution in [0.15, 0.2) is 40.2 Å². The van der Waals surface area contributed by atoms with Crippen molar-refractivity contribution in [1.82, 2.24) is 9.97 Å². The van der Waals surface area contributed by atoms with Crippen LogP contribution in [-0.4, -0.2) is 16.5 Å². The van der Waals surface area contributed by atoms with Crippen LogP contribution in [-0.2, 0) is 0 Å². The average molecular weight is 349 g/mol. The summed E-state index contributed by atoms with van der Waals surface area (Å²) in [6.07, 6.45) is 0. The van der Waals surface area contributed by atoms with Gasteiger partial charge in [0.05, 0.1) is 5.39 Å². The van der Waals surface area contributed by atoms with E-state index in [0.29, 0.717) is 5.95 Å². The third-order valence-corrected chi connectivity index (χ3v) is 4.10. The van der Waals surface area contributed by atoms with Crippen LogP contribution in [0.4, 0.5) is 17.5 Å². The summed E-state index contributed by atoms with van der Waals surface area (Å²) in [5.74, 6) is 1.48. The molecule has 0 amide bonds. The molecule has 2 heterocycles. The van der Waals surface area contributed by atoms with Gasteiger partial charge in [0, 0.05) is 16.7 Å². The maximum atomic E-state index is 4.54. The highest BCUT2D eigenvalue weighted by atomic mass is 79.9. The molecule has 0 fully saturated rings. The zero-order valence-corrected chi connectivity index (χ0v) is 13.3. The highest BCUT2D eigenvalue weighted by Gasteiger charge is 2.08. The number of hydrogen-bond acceptors (Lipinski definition) is 5. The molecule has 0 atom stereocenters. The fourth-order valence-corrected chi connectivity index (χ4v) is 2.89. The van der Waals surface area contributed by atoms with Crippen molar-refractivity contribution in [3.63, 3.8) is 0 Å². The highest BCUT2D eigenvalue weighted by Crippen LogP contribution is 2.29. The van der Waals surface area contributed by atoms with E-state index >= 15 is 0 Å². The van der Waals surface area contributed by atoms with Crippen molar-refractivity contribution in [2.75, 3.05) is 17.2 Å². The van der Waals surface area contributed by atoms with E-state index in [1.54, 1.807) is 11.3 Å². The largest absolute Gasteiger partial charge is 0.354 e. The molecule has 1 aromatic carbocycles. The van der Waals surface area contributed by atoms with Gasteiger partial charge in [-0.05, 0) is 42.6 Å². The van der Waals surface area contributed by atoms with E-state index in [4.69, 9.17) is 0 Å². The Labute approximate surface area is 129 Å². The molecule has 2 aromatic heterocycles. The summed E-state index contributed by atoms with van der Waals surface area (Å²) in [6.45, 7) is 2.83. The van der Waals surface area contributed by atoms with Crippen molar-refractivity contribution < 1.29 is 0 Å². The molecule has 0 spiro atoms. The number of benzene rings is 1. The van der Waals surface area contributed by atoms with Crippen LogP contribution in [0.2, 0.25) is 0 Å². The number of halogens is 1. The Balaban J connectivity index is 2.00. The smallest absolute Gasteiger partial charge is 0.226 e. The van der Waals surface area contributed by atoms with Crippen LogP contribution < -0.4 is 10.6 Å². The normalized spacial score (nSPS) is 10.7. The number of nitrogens with zero attached hydrogens (tertiary/aromatic N) is 2. The Morgan fingerprint density at radius 3 is 2.70 bits per heavy atom. The maximum absolute atomic E-state index is 4.54. The third kappa shape index (κ3) is 2.76.